The van der Waals surface area contributed by atoms with E-state index in [0.29, 0.717) is 0 Å². The van der Waals surface area contributed by atoms with Gasteiger partial charge in [-0.05, 0) is 18.2 Å². The van der Waals surface area contributed by atoms with Crippen molar-refractivity contribution in [1.82, 2.24) is 4.90 Å². The molecular formula is C14H18N2O7S. The Kier molecular flexibility index (Phi) is 5.42. The number of primary sulfonamides is 1. The van der Waals surface area contributed by atoms with Gasteiger partial charge in [0.2, 0.25) is 10.0 Å². The first-order chi connectivity index (χ1) is 11.2. The van der Waals surface area contributed by atoms with Crippen LogP contribution in [0.1, 0.15) is 16.8 Å². The molecule has 1 aromatic carbocycles. The van der Waals surface area contributed by atoms with Crippen LogP contribution in [0.25, 0.3) is 0 Å². The van der Waals surface area contributed by atoms with Crippen LogP contribution in [-0.4, -0.2) is 63.2 Å². The number of methoxy groups -OCH3 is 1. The molecule has 1 saturated heterocycles. The van der Waals surface area contributed by atoms with Gasteiger partial charge < -0.3 is 19.5 Å². The third-order valence-corrected chi connectivity index (χ3v) is 4.54. The Morgan fingerprint density at radius 3 is 2.75 bits per heavy atom. The maximum Gasteiger partial charge on any atom is 0.305 e. The summed E-state index contributed by atoms with van der Waals surface area (Å²) >= 11 is 0. The van der Waals surface area contributed by atoms with E-state index in [9.17, 15) is 18.0 Å². The Morgan fingerprint density at radius 2 is 2.17 bits per heavy atom. The zero-order valence-electron chi connectivity index (χ0n) is 13.0. The lowest BCUT2D eigenvalue weighted by molar-refractivity contribution is -0.139. The van der Waals surface area contributed by atoms with Gasteiger partial charge in [0, 0.05) is 6.54 Å². The van der Waals surface area contributed by atoms with Crippen molar-refractivity contribution >= 4 is 21.9 Å². The molecule has 0 unspecified atom stereocenters. The lowest BCUT2D eigenvalue weighted by atomic mass is 10.1. The van der Waals surface area contributed by atoms with E-state index >= 15 is 0 Å². The van der Waals surface area contributed by atoms with Crippen molar-refractivity contribution in [1.29, 1.82) is 0 Å². The molecule has 132 valence electrons. The minimum absolute atomic E-state index is 0.00122. The van der Waals surface area contributed by atoms with Gasteiger partial charge >= 0.3 is 5.97 Å². The van der Waals surface area contributed by atoms with Crippen LogP contribution in [0.3, 0.4) is 0 Å². The van der Waals surface area contributed by atoms with E-state index in [0.717, 1.165) is 6.07 Å². The highest BCUT2D eigenvalue weighted by molar-refractivity contribution is 7.89. The Balaban J connectivity index is 2.41. The van der Waals surface area contributed by atoms with E-state index in [2.05, 4.69) is 0 Å². The summed E-state index contributed by atoms with van der Waals surface area (Å²) in [5.41, 5.74) is 0.00122. The van der Waals surface area contributed by atoms with Gasteiger partial charge in [-0.2, -0.15) is 0 Å². The first-order valence-electron chi connectivity index (χ1n) is 7.05. The summed E-state index contributed by atoms with van der Waals surface area (Å²) in [4.78, 5) is 24.9. The molecule has 0 radical (unpaired) electrons. The maximum absolute atomic E-state index is 12.8. The fourth-order valence-electron chi connectivity index (χ4n) is 2.48. The molecule has 0 aromatic heterocycles. The minimum atomic E-state index is -3.99. The number of benzene rings is 1. The number of hydrogen-bond acceptors (Lipinski definition) is 6. The topological polar surface area (TPSA) is 136 Å². The third kappa shape index (κ3) is 4.02. The molecule has 24 heavy (non-hydrogen) atoms. The zero-order chi connectivity index (χ0) is 17.9. The van der Waals surface area contributed by atoms with Crippen LogP contribution in [-0.2, 0) is 19.6 Å². The lowest BCUT2D eigenvalue weighted by Gasteiger charge is -2.35. The summed E-state index contributed by atoms with van der Waals surface area (Å²) in [6.07, 6.45) is -0.275. The molecule has 1 fully saturated rings. The number of ether oxygens (including phenoxy) is 2. The molecule has 2 rings (SSSR count). The summed E-state index contributed by atoms with van der Waals surface area (Å²) < 4.78 is 33.4. The summed E-state index contributed by atoms with van der Waals surface area (Å²) in [6.45, 7) is 0.549. The monoisotopic (exact) mass is 358 g/mol. The standard InChI is InChI=1S/C14H18N2O7S/c1-22-12-3-2-10(24(15,20)21)7-11(12)14(19)16-4-5-23-8-9(16)6-13(17)18/h2-3,7,9H,4-6,8H2,1H3,(H,17,18)(H2,15,20,21)/t9-/m1/s1. The molecule has 1 heterocycles. The Bertz CT molecular complexity index is 747. The largest absolute Gasteiger partial charge is 0.496 e. The average molecular weight is 358 g/mol. The minimum Gasteiger partial charge on any atom is -0.496 e. The zero-order valence-corrected chi connectivity index (χ0v) is 13.8. The van der Waals surface area contributed by atoms with Gasteiger partial charge in [-0.25, -0.2) is 13.6 Å². The maximum atomic E-state index is 12.8. The number of morpholine rings is 1. The molecule has 0 bridgehead atoms. The van der Waals surface area contributed by atoms with Crippen molar-refractivity contribution in [3.05, 3.63) is 23.8 Å². The van der Waals surface area contributed by atoms with E-state index in [-0.39, 0.29) is 42.4 Å². The molecule has 1 aromatic rings. The van der Waals surface area contributed by atoms with Crippen molar-refractivity contribution in [3.8, 4) is 5.75 Å². The summed E-state index contributed by atoms with van der Waals surface area (Å²) in [6, 6.07) is 3.05. The van der Waals surface area contributed by atoms with Crippen LogP contribution in [0.2, 0.25) is 0 Å². The summed E-state index contributed by atoms with van der Waals surface area (Å²) in [7, 11) is -2.65. The SMILES string of the molecule is COc1ccc(S(N)(=O)=O)cc1C(=O)N1CCOC[C@H]1CC(=O)O. The second-order valence-corrected chi connectivity index (χ2v) is 6.79. The number of rotatable bonds is 5. The number of sulfonamides is 1. The highest BCUT2D eigenvalue weighted by Gasteiger charge is 2.31. The van der Waals surface area contributed by atoms with Gasteiger partial charge in [-0.1, -0.05) is 0 Å². The first kappa shape index (κ1) is 18.2. The molecule has 1 atom stereocenters. The number of nitrogens with two attached hydrogens (primary N) is 1. The average Bonchev–Trinajstić information content (AvgIpc) is 2.52. The van der Waals surface area contributed by atoms with Crippen LogP contribution in [0.15, 0.2) is 23.1 Å². The number of hydrogen-bond donors (Lipinski definition) is 2. The Hall–Kier alpha value is -2.17. The van der Waals surface area contributed by atoms with E-state index in [1.54, 1.807) is 0 Å². The first-order valence-corrected chi connectivity index (χ1v) is 8.60. The number of carboxylic acid groups (broad SMARTS) is 1. The highest BCUT2D eigenvalue weighted by Crippen LogP contribution is 2.25. The molecule has 0 saturated carbocycles. The van der Waals surface area contributed by atoms with Crippen LogP contribution in [0.5, 0.6) is 5.75 Å². The molecule has 3 N–H and O–H groups in total. The van der Waals surface area contributed by atoms with E-state index in [4.69, 9.17) is 19.7 Å². The molecular weight excluding hydrogens is 340 g/mol. The van der Waals surface area contributed by atoms with E-state index in [1.807, 2.05) is 0 Å². The lowest BCUT2D eigenvalue weighted by Crippen LogP contribution is -2.49. The molecule has 0 spiro atoms. The predicted molar refractivity (Wildman–Crippen MR) is 82.3 cm³/mol. The number of carboxylic acids is 1. The smallest absolute Gasteiger partial charge is 0.305 e. The molecule has 9 nitrogen and oxygen atoms in total. The number of aliphatic carboxylic acids is 1. The molecule has 1 aliphatic rings. The normalized spacial score (nSPS) is 18.2. The van der Waals surface area contributed by atoms with E-state index < -0.39 is 27.9 Å². The van der Waals surface area contributed by atoms with Crippen molar-refractivity contribution in [2.45, 2.75) is 17.4 Å². The van der Waals surface area contributed by atoms with Crippen LogP contribution in [0.4, 0.5) is 0 Å². The van der Waals surface area contributed by atoms with Crippen LogP contribution in [0, 0.1) is 0 Å². The number of nitrogens with zero attached hydrogens (tertiary/aromatic N) is 1. The van der Waals surface area contributed by atoms with Crippen molar-refractivity contribution in [3.63, 3.8) is 0 Å². The Morgan fingerprint density at radius 1 is 1.46 bits per heavy atom. The second kappa shape index (κ2) is 7.16. The van der Waals surface area contributed by atoms with Gasteiger partial charge in [0.15, 0.2) is 0 Å². The molecule has 1 aliphatic heterocycles. The van der Waals surface area contributed by atoms with Crippen molar-refractivity contribution in [2.75, 3.05) is 26.9 Å². The fourth-order valence-corrected chi connectivity index (χ4v) is 3.02. The second-order valence-electron chi connectivity index (χ2n) is 5.23. The molecule has 10 heteroatoms. The molecule has 1 amide bonds. The van der Waals surface area contributed by atoms with Gasteiger partial charge in [-0.15, -0.1) is 0 Å². The van der Waals surface area contributed by atoms with Gasteiger partial charge in [0.05, 0.1) is 43.2 Å². The van der Waals surface area contributed by atoms with Gasteiger partial charge in [0.1, 0.15) is 5.75 Å². The molecule has 0 aliphatic carbocycles. The predicted octanol–water partition coefficient (Wildman–Crippen LogP) is -0.342. The number of carbonyl (C=O) groups is 2. The van der Waals surface area contributed by atoms with Crippen LogP contribution < -0.4 is 9.88 Å². The Labute approximate surface area is 139 Å². The quantitative estimate of drug-likeness (QED) is 0.734. The highest BCUT2D eigenvalue weighted by atomic mass is 32.2. The number of amides is 1. The van der Waals surface area contributed by atoms with Crippen molar-refractivity contribution in [2.24, 2.45) is 5.14 Å². The number of carbonyl (C=O) groups excluding carboxylic acids is 1. The van der Waals surface area contributed by atoms with E-state index in [1.165, 1.54) is 24.1 Å². The summed E-state index contributed by atoms with van der Waals surface area (Å²) in [5, 5.41) is 14.1. The van der Waals surface area contributed by atoms with Crippen LogP contribution >= 0.6 is 0 Å². The fraction of sp³-hybridized carbons (Fsp3) is 0.429. The summed E-state index contributed by atoms with van der Waals surface area (Å²) in [5.74, 6) is -1.42. The van der Waals surface area contributed by atoms with Gasteiger partial charge in [0.25, 0.3) is 5.91 Å². The third-order valence-electron chi connectivity index (χ3n) is 3.63. The van der Waals surface area contributed by atoms with Gasteiger partial charge in [-0.3, -0.25) is 9.59 Å². The van der Waals surface area contributed by atoms with Crippen molar-refractivity contribution < 1.29 is 32.6 Å².